The minimum Gasteiger partial charge on any atom is -0.371 e. The number of carbonyl (C=O) groups excluding carboxylic acids is 2. The molecule has 0 aromatic heterocycles. The second-order valence-electron chi connectivity index (χ2n) is 5.93. The molecule has 0 aliphatic carbocycles. The lowest BCUT2D eigenvalue weighted by Crippen LogP contribution is -2.36. The van der Waals surface area contributed by atoms with Crippen LogP contribution in [0.2, 0.25) is 0 Å². The van der Waals surface area contributed by atoms with Crippen LogP contribution in [0.15, 0.2) is 24.3 Å². The lowest BCUT2D eigenvalue weighted by atomic mass is 10.1. The van der Waals surface area contributed by atoms with Gasteiger partial charge < -0.3 is 9.80 Å². The topological polar surface area (TPSA) is 40.6 Å². The lowest BCUT2D eigenvalue weighted by Gasteiger charge is -2.29. The highest BCUT2D eigenvalue weighted by Gasteiger charge is 2.19. The summed E-state index contributed by atoms with van der Waals surface area (Å²) in [5.41, 5.74) is 1.88. The van der Waals surface area contributed by atoms with Crippen LogP contribution in [0.5, 0.6) is 0 Å². The highest BCUT2D eigenvalue weighted by atomic mass is 16.2. The molecular weight excluding hydrogens is 264 g/mol. The number of benzene rings is 1. The molecule has 2 aliphatic rings. The molecule has 0 radical (unpaired) electrons. The minimum atomic E-state index is 0.148. The van der Waals surface area contributed by atoms with Gasteiger partial charge in [-0.15, -0.1) is 0 Å². The van der Waals surface area contributed by atoms with E-state index < -0.39 is 0 Å². The number of hydrogen-bond donors (Lipinski definition) is 0. The molecule has 2 saturated heterocycles. The van der Waals surface area contributed by atoms with Gasteiger partial charge >= 0.3 is 0 Å². The van der Waals surface area contributed by atoms with E-state index >= 15 is 0 Å². The molecule has 21 heavy (non-hydrogen) atoms. The van der Waals surface area contributed by atoms with E-state index in [4.69, 9.17) is 0 Å². The number of rotatable bonds is 2. The SMILES string of the molecule is O=C1CCN(c2ccc(C(=O)N3CCCCC3)cc2)CC1. The standard InChI is InChI=1S/C17H22N2O2/c20-16-8-12-18(13-9-16)15-6-4-14(5-7-15)17(21)19-10-2-1-3-11-19/h4-7H,1-3,8-13H2. The van der Waals surface area contributed by atoms with Crippen molar-refractivity contribution in [2.45, 2.75) is 32.1 Å². The molecule has 0 bridgehead atoms. The quantitative estimate of drug-likeness (QED) is 0.838. The van der Waals surface area contributed by atoms with Crippen LogP contribution in [0.25, 0.3) is 0 Å². The zero-order valence-corrected chi connectivity index (χ0v) is 12.4. The van der Waals surface area contributed by atoms with E-state index in [1.807, 2.05) is 29.2 Å². The van der Waals surface area contributed by atoms with Crippen molar-refractivity contribution in [3.63, 3.8) is 0 Å². The fraction of sp³-hybridized carbons (Fsp3) is 0.529. The number of ketones is 1. The van der Waals surface area contributed by atoms with Gasteiger partial charge in [0.2, 0.25) is 0 Å². The molecule has 4 heteroatoms. The number of nitrogens with zero attached hydrogens (tertiary/aromatic N) is 2. The number of anilines is 1. The van der Waals surface area contributed by atoms with Gasteiger partial charge in [0, 0.05) is 50.3 Å². The Hall–Kier alpha value is -1.84. The summed E-state index contributed by atoms with van der Waals surface area (Å²) in [4.78, 5) is 27.9. The van der Waals surface area contributed by atoms with Crippen molar-refractivity contribution in [3.05, 3.63) is 29.8 Å². The molecule has 0 spiro atoms. The highest BCUT2D eigenvalue weighted by Crippen LogP contribution is 2.20. The molecule has 4 nitrogen and oxygen atoms in total. The number of hydrogen-bond acceptors (Lipinski definition) is 3. The van der Waals surface area contributed by atoms with Crippen LogP contribution in [0.3, 0.4) is 0 Å². The zero-order valence-electron chi connectivity index (χ0n) is 12.4. The second-order valence-corrected chi connectivity index (χ2v) is 5.93. The first-order valence-electron chi connectivity index (χ1n) is 7.90. The van der Waals surface area contributed by atoms with E-state index in [0.717, 1.165) is 50.3 Å². The van der Waals surface area contributed by atoms with Crippen LogP contribution >= 0.6 is 0 Å². The Morgan fingerprint density at radius 3 is 2.10 bits per heavy atom. The van der Waals surface area contributed by atoms with Crippen LogP contribution in [0, 0.1) is 0 Å². The fourth-order valence-corrected chi connectivity index (χ4v) is 3.11. The number of likely N-dealkylation sites (tertiary alicyclic amines) is 1. The van der Waals surface area contributed by atoms with Crippen LogP contribution in [0.1, 0.15) is 42.5 Å². The first kappa shape index (κ1) is 14.1. The molecule has 1 amide bonds. The van der Waals surface area contributed by atoms with Gasteiger partial charge in [-0.1, -0.05) is 0 Å². The van der Waals surface area contributed by atoms with Crippen molar-refractivity contribution in [2.75, 3.05) is 31.1 Å². The predicted molar refractivity (Wildman–Crippen MR) is 82.7 cm³/mol. The fourth-order valence-electron chi connectivity index (χ4n) is 3.11. The minimum absolute atomic E-state index is 0.148. The van der Waals surface area contributed by atoms with E-state index in [1.165, 1.54) is 6.42 Å². The van der Waals surface area contributed by atoms with Crippen molar-refractivity contribution in [1.82, 2.24) is 4.90 Å². The monoisotopic (exact) mass is 286 g/mol. The zero-order chi connectivity index (χ0) is 14.7. The Kier molecular flexibility index (Phi) is 4.23. The molecule has 3 rings (SSSR count). The summed E-state index contributed by atoms with van der Waals surface area (Å²) < 4.78 is 0. The van der Waals surface area contributed by atoms with E-state index in [2.05, 4.69) is 4.90 Å². The number of carbonyl (C=O) groups is 2. The van der Waals surface area contributed by atoms with Gasteiger partial charge in [-0.25, -0.2) is 0 Å². The summed E-state index contributed by atoms with van der Waals surface area (Å²) in [6, 6.07) is 7.85. The maximum absolute atomic E-state index is 12.4. The van der Waals surface area contributed by atoms with Crippen LogP contribution in [-0.4, -0.2) is 42.8 Å². The molecule has 0 unspecified atom stereocenters. The molecule has 1 aromatic carbocycles. The third-order valence-electron chi connectivity index (χ3n) is 4.44. The summed E-state index contributed by atoms with van der Waals surface area (Å²) in [5, 5.41) is 0. The van der Waals surface area contributed by atoms with Crippen molar-refractivity contribution in [1.29, 1.82) is 0 Å². The molecule has 0 saturated carbocycles. The van der Waals surface area contributed by atoms with E-state index in [-0.39, 0.29) is 5.91 Å². The first-order valence-corrected chi connectivity index (χ1v) is 7.90. The summed E-state index contributed by atoms with van der Waals surface area (Å²) in [6.45, 7) is 3.35. The van der Waals surface area contributed by atoms with Gasteiger partial charge in [-0.2, -0.15) is 0 Å². The second kappa shape index (κ2) is 6.29. The maximum Gasteiger partial charge on any atom is 0.253 e. The summed E-state index contributed by atoms with van der Waals surface area (Å²) >= 11 is 0. The average molecular weight is 286 g/mol. The van der Waals surface area contributed by atoms with Crippen LogP contribution in [0.4, 0.5) is 5.69 Å². The van der Waals surface area contributed by atoms with E-state index in [0.29, 0.717) is 18.6 Å². The number of amides is 1. The Balaban J connectivity index is 1.66. The van der Waals surface area contributed by atoms with Gasteiger partial charge in [0.1, 0.15) is 5.78 Å². The van der Waals surface area contributed by atoms with Gasteiger partial charge in [0.15, 0.2) is 0 Å². The molecule has 112 valence electrons. The summed E-state index contributed by atoms with van der Waals surface area (Å²) in [5.74, 6) is 0.498. The maximum atomic E-state index is 12.4. The largest absolute Gasteiger partial charge is 0.371 e. The Bertz CT molecular complexity index is 508. The molecule has 0 N–H and O–H groups in total. The summed E-state index contributed by atoms with van der Waals surface area (Å²) in [7, 11) is 0. The number of piperidine rings is 2. The molecule has 2 fully saturated rings. The molecule has 2 aliphatic heterocycles. The Labute approximate surface area is 125 Å². The lowest BCUT2D eigenvalue weighted by molar-refractivity contribution is -0.119. The molecule has 0 atom stereocenters. The van der Waals surface area contributed by atoms with Crippen molar-refractivity contribution >= 4 is 17.4 Å². The third kappa shape index (κ3) is 3.26. The average Bonchev–Trinajstić information content (AvgIpc) is 2.56. The normalized spacial score (nSPS) is 19.7. The van der Waals surface area contributed by atoms with E-state index in [1.54, 1.807) is 0 Å². The van der Waals surface area contributed by atoms with Gasteiger partial charge in [-0.05, 0) is 43.5 Å². The van der Waals surface area contributed by atoms with Crippen LogP contribution < -0.4 is 4.90 Å². The first-order chi connectivity index (χ1) is 10.2. The van der Waals surface area contributed by atoms with E-state index in [9.17, 15) is 9.59 Å². The van der Waals surface area contributed by atoms with Crippen molar-refractivity contribution < 1.29 is 9.59 Å². The van der Waals surface area contributed by atoms with Crippen molar-refractivity contribution in [3.8, 4) is 0 Å². The molecule has 1 aromatic rings. The van der Waals surface area contributed by atoms with Crippen molar-refractivity contribution in [2.24, 2.45) is 0 Å². The smallest absolute Gasteiger partial charge is 0.253 e. The Morgan fingerprint density at radius 1 is 0.857 bits per heavy atom. The van der Waals surface area contributed by atoms with Crippen LogP contribution in [-0.2, 0) is 4.79 Å². The molecular formula is C17H22N2O2. The highest BCUT2D eigenvalue weighted by molar-refractivity contribution is 5.94. The third-order valence-corrected chi connectivity index (χ3v) is 4.44. The number of Topliss-reactive ketones (excluding diaryl/α,β-unsaturated/α-hetero) is 1. The van der Waals surface area contributed by atoms with Gasteiger partial charge in [0.05, 0.1) is 0 Å². The predicted octanol–water partition coefficient (Wildman–Crippen LogP) is 2.48. The summed E-state index contributed by atoms with van der Waals surface area (Å²) in [6.07, 6.45) is 4.73. The van der Waals surface area contributed by atoms with Gasteiger partial charge in [0.25, 0.3) is 5.91 Å². The molecule has 2 heterocycles. The van der Waals surface area contributed by atoms with Gasteiger partial charge in [-0.3, -0.25) is 9.59 Å². The Morgan fingerprint density at radius 2 is 1.48 bits per heavy atom.